The third kappa shape index (κ3) is 3.09. The predicted molar refractivity (Wildman–Crippen MR) is 69.7 cm³/mol. The molecule has 0 aliphatic carbocycles. The molecular weight excluding hydrogens is 235 g/mol. The van der Waals surface area contributed by atoms with Crippen molar-refractivity contribution in [1.82, 2.24) is 0 Å². The highest BCUT2D eigenvalue weighted by Gasteiger charge is 2.13. The number of aryl methyl sites for hydroxylation is 1. The minimum Gasteiger partial charge on any atom is -0.489 e. The molecule has 0 aliphatic rings. The molecule has 0 bridgehead atoms. The fraction of sp³-hybridized carbons (Fsp3) is 0.167. The second-order valence-corrected chi connectivity index (χ2v) is 4.73. The van der Waals surface area contributed by atoms with Gasteiger partial charge in [0.05, 0.1) is 0 Å². The minimum absolute atomic E-state index is 0.439. The molecule has 0 radical (unpaired) electrons. The van der Waals surface area contributed by atoms with Crippen molar-refractivity contribution >= 4 is 23.2 Å². The van der Waals surface area contributed by atoms with Crippen LogP contribution in [0.5, 0.6) is 5.75 Å². The summed E-state index contributed by atoms with van der Waals surface area (Å²) in [6, 6.07) is 9.55. The highest BCUT2D eigenvalue weighted by Crippen LogP contribution is 2.18. The molecule has 5 heteroatoms. The van der Waals surface area contributed by atoms with Crippen LogP contribution in [0.25, 0.3) is 0 Å². The lowest BCUT2D eigenvalue weighted by atomic mass is 9.89. The number of para-hydroxylation sites is 1. The number of ether oxygens (including phenoxy) is 1. The van der Waals surface area contributed by atoms with E-state index in [0.717, 1.165) is 16.9 Å². The van der Waals surface area contributed by atoms with Gasteiger partial charge >= 0.3 is 7.12 Å². The van der Waals surface area contributed by atoms with Gasteiger partial charge in [0, 0.05) is 4.78 Å². The van der Waals surface area contributed by atoms with Crippen LogP contribution < -0.4 is 9.51 Å². The molecule has 2 aromatic rings. The summed E-state index contributed by atoms with van der Waals surface area (Å²) in [6.45, 7) is 2.43. The van der Waals surface area contributed by atoms with Crippen molar-refractivity contribution in [3.05, 3.63) is 46.8 Å². The molecule has 1 aromatic heterocycles. The van der Waals surface area contributed by atoms with Gasteiger partial charge < -0.3 is 14.8 Å². The standard InChI is InChI=1S/C12H13BO3S/c1-9-4-2-3-5-11(9)16-7-10-6-12(13(14)15)17-8-10/h2-6,8,14-15H,7H2,1H3. The lowest BCUT2D eigenvalue weighted by molar-refractivity contribution is 0.304. The Morgan fingerprint density at radius 3 is 2.71 bits per heavy atom. The van der Waals surface area contributed by atoms with Crippen LogP contribution >= 0.6 is 11.3 Å². The van der Waals surface area contributed by atoms with Crippen molar-refractivity contribution in [1.29, 1.82) is 0 Å². The van der Waals surface area contributed by atoms with E-state index in [1.165, 1.54) is 11.3 Å². The smallest absolute Gasteiger partial charge is 0.489 e. The zero-order valence-corrected chi connectivity index (χ0v) is 10.3. The number of benzene rings is 1. The van der Waals surface area contributed by atoms with Gasteiger partial charge in [0.15, 0.2) is 0 Å². The van der Waals surface area contributed by atoms with Gasteiger partial charge in [0.25, 0.3) is 0 Å². The van der Waals surface area contributed by atoms with E-state index in [-0.39, 0.29) is 0 Å². The van der Waals surface area contributed by atoms with Crippen molar-refractivity contribution < 1.29 is 14.8 Å². The van der Waals surface area contributed by atoms with Gasteiger partial charge in [0.2, 0.25) is 0 Å². The predicted octanol–water partition coefficient (Wildman–Crippen LogP) is 1.32. The molecule has 0 saturated carbocycles. The average molecular weight is 248 g/mol. The van der Waals surface area contributed by atoms with Crippen molar-refractivity contribution in [3.8, 4) is 5.75 Å². The Morgan fingerprint density at radius 2 is 2.06 bits per heavy atom. The molecule has 2 rings (SSSR count). The molecule has 0 saturated heterocycles. The van der Waals surface area contributed by atoms with Crippen LogP contribution in [0, 0.1) is 6.92 Å². The molecule has 2 N–H and O–H groups in total. The maximum Gasteiger partial charge on any atom is 0.499 e. The van der Waals surface area contributed by atoms with E-state index in [2.05, 4.69) is 0 Å². The van der Waals surface area contributed by atoms with Crippen molar-refractivity contribution in [2.45, 2.75) is 13.5 Å². The molecule has 88 valence electrons. The fourth-order valence-corrected chi connectivity index (χ4v) is 2.25. The van der Waals surface area contributed by atoms with Gasteiger partial charge in [-0.15, -0.1) is 0 Å². The van der Waals surface area contributed by atoms with E-state index in [1.807, 2.05) is 36.6 Å². The molecular formula is C12H13BO3S. The van der Waals surface area contributed by atoms with Gasteiger partial charge in [0.1, 0.15) is 12.4 Å². The topological polar surface area (TPSA) is 49.7 Å². The molecule has 0 atom stereocenters. The summed E-state index contributed by atoms with van der Waals surface area (Å²) in [7, 11) is -1.40. The first-order chi connectivity index (χ1) is 8.16. The second kappa shape index (κ2) is 5.36. The van der Waals surface area contributed by atoms with Crippen LogP contribution in [0.4, 0.5) is 0 Å². The summed E-state index contributed by atoms with van der Waals surface area (Å²) in [5, 5.41) is 19.9. The molecule has 1 heterocycles. The molecule has 0 fully saturated rings. The monoisotopic (exact) mass is 248 g/mol. The Balaban J connectivity index is 2.00. The highest BCUT2D eigenvalue weighted by atomic mass is 32.1. The zero-order valence-electron chi connectivity index (χ0n) is 9.46. The summed E-state index contributed by atoms with van der Waals surface area (Å²) in [5.74, 6) is 0.852. The summed E-state index contributed by atoms with van der Waals surface area (Å²) in [4.78, 5) is 0. The molecule has 0 aliphatic heterocycles. The van der Waals surface area contributed by atoms with Crippen molar-refractivity contribution in [3.63, 3.8) is 0 Å². The largest absolute Gasteiger partial charge is 0.499 e. The number of rotatable bonds is 4. The van der Waals surface area contributed by atoms with Crippen molar-refractivity contribution in [2.75, 3.05) is 0 Å². The first-order valence-corrected chi connectivity index (χ1v) is 6.16. The summed E-state index contributed by atoms with van der Waals surface area (Å²) < 4.78 is 6.19. The molecule has 1 aromatic carbocycles. The van der Waals surface area contributed by atoms with Crippen LogP contribution in [0.15, 0.2) is 35.7 Å². The highest BCUT2D eigenvalue weighted by molar-refractivity contribution is 7.20. The molecule has 0 spiro atoms. The normalized spacial score (nSPS) is 10.3. The van der Waals surface area contributed by atoms with Gasteiger partial charge in [-0.05, 0) is 35.6 Å². The van der Waals surface area contributed by atoms with Gasteiger partial charge in [-0.25, -0.2) is 0 Å². The lowest BCUT2D eigenvalue weighted by Crippen LogP contribution is -2.26. The SMILES string of the molecule is Cc1ccccc1OCc1csc(B(O)O)c1. The van der Waals surface area contributed by atoms with Crippen LogP contribution in [-0.4, -0.2) is 17.2 Å². The third-order valence-corrected chi connectivity index (χ3v) is 3.44. The van der Waals surface area contributed by atoms with Gasteiger partial charge in [-0.3, -0.25) is 0 Å². The molecule has 0 unspecified atom stereocenters. The maximum atomic E-state index is 8.99. The van der Waals surface area contributed by atoms with Crippen molar-refractivity contribution in [2.24, 2.45) is 0 Å². The molecule has 0 amide bonds. The maximum absolute atomic E-state index is 8.99. The van der Waals surface area contributed by atoms with E-state index in [0.29, 0.717) is 11.4 Å². The number of hydrogen-bond acceptors (Lipinski definition) is 4. The number of hydrogen-bond donors (Lipinski definition) is 2. The minimum atomic E-state index is -1.40. The van der Waals surface area contributed by atoms with E-state index >= 15 is 0 Å². The number of thiophene rings is 1. The van der Waals surface area contributed by atoms with Gasteiger partial charge in [-0.1, -0.05) is 18.2 Å². The Bertz CT molecular complexity index is 496. The zero-order chi connectivity index (χ0) is 12.3. The second-order valence-electron chi connectivity index (χ2n) is 3.79. The van der Waals surface area contributed by atoms with E-state index < -0.39 is 7.12 Å². The first-order valence-electron chi connectivity index (χ1n) is 5.28. The quantitative estimate of drug-likeness (QED) is 0.802. The van der Waals surface area contributed by atoms with Crippen LogP contribution in [0.2, 0.25) is 0 Å². The Labute approximate surface area is 104 Å². The molecule has 17 heavy (non-hydrogen) atoms. The Morgan fingerprint density at radius 1 is 1.29 bits per heavy atom. The summed E-state index contributed by atoms with van der Waals surface area (Å²) >= 11 is 1.32. The Kier molecular flexibility index (Phi) is 3.84. The first kappa shape index (κ1) is 12.2. The fourth-order valence-electron chi connectivity index (χ4n) is 1.49. The van der Waals surface area contributed by atoms with Crippen LogP contribution in [0.1, 0.15) is 11.1 Å². The van der Waals surface area contributed by atoms with Crippen LogP contribution in [-0.2, 0) is 6.61 Å². The summed E-state index contributed by atoms with van der Waals surface area (Å²) in [6.07, 6.45) is 0. The van der Waals surface area contributed by atoms with Crippen LogP contribution in [0.3, 0.4) is 0 Å². The average Bonchev–Trinajstić information content (AvgIpc) is 2.77. The van der Waals surface area contributed by atoms with E-state index in [9.17, 15) is 0 Å². The third-order valence-electron chi connectivity index (χ3n) is 2.42. The molecule has 3 nitrogen and oxygen atoms in total. The van der Waals surface area contributed by atoms with Gasteiger partial charge in [-0.2, -0.15) is 11.3 Å². The Hall–Kier alpha value is -1.30. The summed E-state index contributed by atoms with van der Waals surface area (Å²) in [5.41, 5.74) is 2.03. The van der Waals surface area contributed by atoms with E-state index in [4.69, 9.17) is 14.8 Å². The lowest BCUT2D eigenvalue weighted by Gasteiger charge is -2.07. The van der Waals surface area contributed by atoms with E-state index in [1.54, 1.807) is 6.07 Å².